The molecule has 3 heterocycles. The van der Waals surface area contributed by atoms with E-state index in [1.54, 1.807) is 12.1 Å². The number of amides is 2. The lowest BCUT2D eigenvalue weighted by Crippen LogP contribution is -2.60. The molecule has 1 unspecified atom stereocenters. The Hall–Kier alpha value is -4.55. The second-order valence-electron chi connectivity index (χ2n) is 16.9. The van der Waals surface area contributed by atoms with Crippen molar-refractivity contribution in [3.05, 3.63) is 83.6 Å². The van der Waals surface area contributed by atoms with Crippen LogP contribution in [-0.2, 0) is 54.8 Å². The number of aliphatic hydroxyl groups is 3. The first-order valence-electron chi connectivity index (χ1n) is 21.3. The van der Waals surface area contributed by atoms with Crippen LogP contribution in [0.2, 0.25) is 0 Å². The molecule has 0 radical (unpaired) electrons. The molecule has 358 valence electrons. The van der Waals surface area contributed by atoms with Crippen molar-refractivity contribution in [2.24, 2.45) is 5.73 Å². The number of nitrogens with two attached hydrogens (primary N) is 1. The van der Waals surface area contributed by atoms with Gasteiger partial charge >= 0.3 is 6.09 Å². The van der Waals surface area contributed by atoms with E-state index in [1.807, 2.05) is 65.0 Å². The molecule has 21 heteroatoms. The van der Waals surface area contributed by atoms with Gasteiger partial charge in [-0.1, -0.05) is 32.1 Å². The number of carbonyl (C=O) groups is 2. The highest BCUT2D eigenvalue weighted by molar-refractivity contribution is 7.86. The van der Waals surface area contributed by atoms with Gasteiger partial charge in [0.15, 0.2) is 18.1 Å². The smallest absolute Gasteiger partial charge is 0.404 e. The zero-order valence-electron chi connectivity index (χ0n) is 37.1. The minimum absolute atomic E-state index is 0.0560. The van der Waals surface area contributed by atoms with Gasteiger partial charge < -0.3 is 54.8 Å². The minimum Gasteiger partial charge on any atom is -0.744 e. The summed E-state index contributed by atoms with van der Waals surface area (Å²) in [7, 11) is -9.08. The summed E-state index contributed by atoms with van der Waals surface area (Å²) < 4.78 is 92.6. The van der Waals surface area contributed by atoms with Crippen LogP contribution in [0.25, 0.3) is 0 Å². The summed E-state index contributed by atoms with van der Waals surface area (Å²) in [4.78, 5) is 25.4. The van der Waals surface area contributed by atoms with E-state index in [4.69, 9.17) is 24.7 Å². The molecular formula is C44H60N4O15S2. The molecule has 2 amide bonds. The zero-order chi connectivity index (χ0) is 47.9. The van der Waals surface area contributed by atoms with Crippen LogP contribution < -0.4 is 16.0 Å². The molecule has 0 aromatic heterocycles. The van der Waals surface area contributed by atoms with Gasteiger partial charge in [-0.2, -0.15) is 13.0 Å². The molecule has 7 N–H and O–H groups in total. The van der Waals surface area contributed by atoms with E-state index in [1.165, 1.54) is 24.3 Å². The highest BCUT2D eigenvalue weighted by Crippen LogP contribution is 2.48. The standard InChI is InChI=1S/C44H60N4O15S2/c1-6-47-32-18-16-28(64(54,55)56)25-30(32)43(2,3)35(47)13-9-7-10-14-36-44(4,5)31-26-29(65(57,58)59)17-19-33(31)48(36)21-12-8-11-15-37(50)46-20-22-60-23-24-61-41-39(52)40(63-42(45)53)38(51)34(27-49)62-41/h7,9-10,13-14,16-19,25-26,34,38-41,49,51-52H,6,8,11-12,15,20-24,27H2,1-5H3,(H4-,45,46,50,53,54,55,56,57,58,59)/t34-,38-,39+,40+,41?/m1/s1. The van der Waals surface area contributed by atoms with Crippen LogP contribution in [0.1, 0.15) is 71.4 Å². The fourth-order valence-corrected chi connectivity index (χ4v) is 9.44. The molecule has 2 aromatic carbocycles. The summed E-state index contributed by atoms with van der Waals surface area (Å²) in [5.41, 5.74) is 8.70. The number of primary amides is 1. The number of nitrogens with zero attached hydrogens (tertiary/aromatic N) is 2. The van der Waals surface area contributed by atoms with Gasteiger partial charge in [-0.05, 0) is 75.6 Å². The first kappa shape index (κ1) is 51.4. The zero-order valence-corrected chi connectivity index (χ0v) is 38.7. The Morgan fingerprint density at radius 3 is 2.31 bits per heavy atom. The lowest BCUT2D eigenvalue weighted by Gasteiger charge is -2.40. The number of allylic oxidation sites excluding steroid dienone is 6. The van der Waals surface area contributed by atoms with Gasteiger partial charge in [-0.3, -0.25) is 9.35 Å². The van der Waals surface area contributed by atoms with E-state index in [-0.39, 0.29) is 48.5 Å². The van der Waals surface area contributed by atoms with E-state index >= 15 is 0 Å². The highest BCUT2D eigenvalue weighted by atomic mass is 32.2. The maximum atomic E-state index is 12.6. The molecule has 19 nitrogen and oxygen atoms in total. The average Bonchev–Trinajstić information content (AvgIpc) is 3.58. The first-order valence-corrected chi connectivity index (χ1v) is 24.1. The number of aliphatic hydroxyl groups excluding tert-OH is 3. The van der Waals surface area contributed by atoms with Crippen molar-refractivity contribution in [3.63, 3.8) is 0 Å². The number of likely N-dealkylation sites (N-methyl/N-ethyl adjacent to an activating group) is 1. The molecule has 0 spiro atoms. The van der Waals surface area contributed by atoms with Crippen molar-refractivity contribution >= 4 is 49.3 Å². The monoisotopic (exact) mass is 948 g/mol. The maximum Gasteiger partial charge on any atom is 0.404 e. The molecule has 1 fully saturated rings. The SMILES string of the molecule is CCN1\C(=C/C=C/C=C/C2=[N+](CCCCCC(=O)NCCOCCOC3O[C@H](CO)[C@@H](O)[C@H](OC(N)=O)[C@@H]3O)c3ccc(S(=O)(=O)O)cc3C2(C)C)C(C)(C)c2cc(S(=O)(=O)[O-])ccc21. The van der Waals surface area contributed by atoms with Crippen molar-refractivity contribution in [2.75, 3.05) is 51.0 Å². The minimum atomic E-state index is -4.63. The Bertz CT molecular complexity index is 2410. The lowest BCUT2D eigenvalue weighted by atomic mass is 9.81. The third kappa shape index (κ3) is 12.1. The quantitative estimate of drug-likeness (QED) is 0.0454. The number of fused-ring (bicyclic) bond motifs is 2. The molecule has 0 saturated carbocycles. The van der Waals surface area contributed by atoms with Gasteiger partial charge in [0, 0.05) is 60.4 Å². The van der Waals surface area contributed by atoms with Crippen LogP contribution in [0.4, 0.5) is 16.2 Å². The van der Waals surface area contributed by atoms with Gasteiger partial charge in [0.05, 0.1) is 41.6 Å². The Kier molecular flexibility index (Phi) is 16.9. The molecule has 5 rings (SSSR count). The summed E-state index contributed by atoms with van der Waals surface area (Å²) in [6.07, 6.45) is 3.55. The molecule has 65 heavy (non-hydrogen) atoms. The third-order valence-electron chi connectivity index (χ3n) is 11.8. The van der Waals surface area contributed by atoms with E-state index in [0.717, 1.165) is 33.9 Å². The van der Waals surface area contributed by atoms with Crippen molar-refractivity contribution in [1.82, 2.24) is 5.32 Å². The number of hydrogen-bond acceptors (Lipinski definition) is 15. The van der Waals surface area contributed by atoms with Crippen molar-refractivity contribution in [2.45, 2.75) is 112 Å². The third-order valence-corrected chi connectivity index (χ3v) is 13.5. The molecule has 0 aliphatic carbocycles. The highest BCUT2D eigenvalue weighted by Gasteiger charge is 2.48. The van der Waals surface area contributed by atoms with Crippen molar-refractivity contribution in [1.29, 1.82) is 0 Å². The van der Waals surface area contributed by atoms with Crippen LogP contribution >= 0.6 is 0 Å². The fraction of sp³-hybridized carbons (Fsp3) is 0.523. The van der Waals surface area contributed by atoms with Crippen LogP contribution in [0, 0.1) is 0 Å². The van der Waals surface area contributed by atoms with E-state index in [0.29, 0.717) is 32.4 Å². The van der Waals surface area contributed by atoms with E-state index in [9.17, 15) is 50.8 Å². The molecule has 3 aliphatic heterocycles. The summed E-state index contributed by atoms with van der Waals surface area (Å²) in [5.74, 6) is -0.160. The predicted octanol–water partition coefficient (Wildman–Crippen LogP) is 2.64. The molecule has 2 aromatic rings. The number of ether oxygens (including phenoxy) is 4. The summed E-state index contributed by atoms with van der Waals surface area (Å²) in [6.45, 7) is 10.8. The lowest BCUT2D eigenvalue weighted by molar-refractivity contribution is -0.438. The molecule has 5 atom stereocenters. The number of benzene rings is 2. The summed E-state index contributed by atoms with van der Waals surface area (Å²) >= 11 is 0. The van der Waals surface area contributed by atoms with Crippen LogP contribution in [-0.4, -0.2) is 140 Å². The van der Waals surface area contributed by atoms with Crippen LogP contribution in [0.3, 0.4) is 0 Å². The Labute approximate surface area is 379 Å². The van der Waals surface area contributed by atoms with Crippen LogP contribution in [0.15, 0.2) is 82.3 Å². The van der Waals surface area contributed by atoms with E-state index in [2.05, 4.69) is 14.8 Å². The molecule has 0 bridgehead atoms. The number of anilines is 1. The second-order valence-corrected chi connectivity index (χ2v) is 19.7. The van der Waals surface area contributed by atoms with Crippen LogP contribution in [0.5, 0.6) is 0 Å². The number of carbonyl (C=O) groups excluding carboxylic acids is 2. The second kappa shape index (κ2) is 21.4. The number of hydrogen-bond donors (Lipinski definition) is 6. The van der Waals surface area contributed by atoms with Gasteiger partial charge in [-0.25, -0.2) is 13.2 Å². The fourth-order valence-electron chi connectivity index (χ4n) is 8.44. The Balaban J connectivity index is 1.14. The van der Waals surface area contributed by atoms with Gasteiger partial charge in [-0.15, -0.1) is 0 Å². The normalized spacial score (nSPS) is 23.4. The number of unbranched alkanes of at least 4 members (excludes halogenated alkanes) is 2. The van der Waals surface area contributed by atoms with Gasteiger partial charge in [0.2, 0.25) is 11.6 Å². The average molecular weight is 949 g/mol. The molecule has 3 aliphatic rings. The van der Waals surface area contributed by atoms with Gasteiger partial charge in [0.1, 0.15) is 35.0 Å². The van der Waals surface area contributed by atoms with E-state index < -0.39 is 74.5 Å². The van der Waals surface area contributed by atoms with Crippen molar-refractivity contribution in [3.8, 4) is 0 Å². The number of nitrogens with one attached hydrogen (secondary N) is 1. The van der Waals surface area contributed by atoms with Gasteiger partial charge in [0.25, 0.3) is 10.1 Å². The predicted molar refractivity (Wildman–Crippen MR) is 236 cm³/mol. The number of rotatable bonds is 21. The Morgan fingerprint density at radius 1 is 0.938 bits per heavy atom. The topological polar surface area (TPSA) is 288 Å². The van der Waals surface area contributed by atoms with Crippen molar-refractivity contribution < 1.29 is 74.4 Å². The largest absolute Gasteiger partial charge is 0.744 e. The molecule has 1 saturated heterocycles. The maximum absolute atomic E-state index is 12.6. The summed E-state index contributed by atoms with van der Waals surface area (Å²) in [6, 6.07) is 9.01. The summed E-state index contributed by atoms with van der Waals surface area (Å²) in [5, 5.41) is 32.8. The first-order chi connectivity index (χ1) is 30.5. The molecular weight excluding hydrogens is 889 g/mol. The Morgan fingerprint density at radius 2 is 1.65 bits per heavy atom.